The summed E-state index contributed by atoms with van der Waals surface area (Å²) in [6.07, 6.45) is 0. The third-order valence-corrected chi connectivity index (χ3v) is 3.12. The molecule has 0 aliphatic heterocycles. The Labute approximate surface area is 160 Å². The lowest BCUT2D eigenvalue weighted by molar-refractivity contribution is 0.179. The molecule has 0 aliphatic carbocycles. The van der Waals surface area contributed by atoms with Gasteiger partial charge < -0.3 is 20.5 Å². The second-order valence-corrected chi connectivity index (χ2v) is 5.26. The van der Waals surface area contributed by atoms with E-state index in [0.29, 0.717) is 19.1 Å². The molecule has 2 aromatic carbocycles. The highest BCUT2D eigenvalue weighted by Crippen LogP contribution is 2.21. The van der Waals surface area contributed by atoms with E-state index in [0.717, 1.165) is 17.1 Å². The van der Waals surface area contributed by atoms with Crippen molar-refractivity contribution in [2.45, 2.75) is 19.5 Å². The van der Waals surface area contributed by atoms with Crippen LogP contribution < -0.4 is 15.8 Å². The molecule has 1 atom stereocenters. The molecule has 3 N–H and O–H groups in total. The molecule has 0 saturated heterocycles. The molecule has 0 amide bonds. The van der Waals surface area contributed by atoms with Gasteiger partial charge in [0, 0.05) is 13.2 Å². The van der Waals surface area contributed by atoms with Crippen LogP contribution in [0, 0.1) is 0 Å². The van der Waals surface area contributed by atoms with E-state index in [1.165, 1.54) is 0 Å². The summed E-state index contributed by atoms with van der Waals surface area (Å²) in [5.74, 6) is 2.00. The van der Waals surface area contributed by atoms with Crippen molar-refractivity contribution < 1.29 is 9.47 Å². The van der Waals surface area contributed by atoms with Crippen molar-refractivity contribution in [3.63, 3.8) is 0 Å². The van der Waals surface area contributed by atoms with Crippen LogP contribution in [0.5, 0.6) is 11.5 Å². The number of nitrogens with zero attached hydrogens (tertiary/aromatic N) is 1. The summed E-state index contributed by atoms with van der Waals surface area (Å²) in [5.41, 5.74) is 6.90. The fourth-order valence-electron chi connectivity index (χ4n) is 2.10. The molecule has 0 aromatic heterocycles. The quantitative estimate of drug-likeness (QED) is 0.392. The Morgan fingerprint density at radius 3 is 2.54 bits per heavy atom. The average molecular weight is 441 g/mol. The van der Waals surface area contributed by atoms with Gasteiger partial charge in [0.1, 0.15) is 11.5 Å². The van der Waals surface area contributed by atoms with Crippen molar-refractivity contribution in [2.24, 2.45) is 10.7 Å². The molecule has 0 radical (unpaired) electrons. The molecule has 2 rings (SSSR count). The normalized spacial score (nSPS) is 12.2. The van der Waals surface area contributed by atoms with Crippen LogP contribution in [0.2, 0.25) is 0 Å². The number of guanidine groups is 1. The zero-order valence-corrected chi connectivity index (χ0v) is 16.3. The zero-order chi connectivity index (χ0) is 16.5. The van der Waals surface area contributed by atoms with E-state index in [-0.39, 0.29) is 30.0 Å². The Morgan fingerprint density at radius 2 is 1.83 bits per heavy atom. The second kappa shape index (κ2) is 10.9. The Balaban J connectivity index is 0.00000288. The van der Waals surface area contributed by atoms with Crippen LogP contribution in [0.15, 0.2) is 59.6 Å². The Hall–Kier alpha value is -1.80. The molecule has 0 spiro atoms. The van der Waals surface area contributed by atoms with Gasteiger partial charge in [-0.3, -0.25) is 0 Å². The lowest BCUT2D eigenvalue weighted by Crippen LogP contribution is -2.40. The van der Waals surface area contributed by atoms with Crippen LogP contribution in [-0.2, 0) is 11.3 Å². The first kappa shape index (κ1) is 20.2. The van der Waals surface area contributed by atoms with E-state index in [9.17, 15) is 0 Å². The number of hydrogen-bond acceptors (Lipinski definition) is 3. The zero-order valence-electron chi connectivity index (χ0n) is 13.9. The number of hydrogen-bond donors (Lipinski definition) is 2. The van der Waals surface area contributed by atoms with Crippen LogP contribution in [0.4, 0.5) is 0 Å². The van der Waals surface area contributed by atoms with E-state index >= 15 is 0 Å². The predicted molar refractivity (Wildman–Crippen MR) is 108 cm³/mol. The number of para-hydroxylation sites is 1. The summed E-state index contributed by atoms with van der Waals surface area (Å²) in [4.78, 5) is 4.34. The number of aliphatic imine (C=N–C) groups is 1. The number of methoxy groups -OCH3 is 1. The molecular weight excluding hydrogens is 417 g/mol. The van der Waals surface area contributed by atoms with E-state index in [4.69, 9.17) is 15.2 Å². The molecule has 130 valence electrons. The fraction of sp³-hybridized carbons (Fsp3) is 0.278. The fourth-order valence-corrected chi connectivity index (χ4v) is 2.10. The smallest absolute Gasteiger partial charge is 0.189 e. The summed E-state index contributed by atoms with van der Waals surface area (Å²) in [7, 11) is 1.66. The molecule has 0 heterocycles. The largest absolute Gasteiger partial charge is 0.457 e. The average Bonchev–Trinajstić information content (AvgIpc) is 2.54. The van der Waals surface area contributed by atoms with Crippen molar-refractivity contribution in [3.05, 3.63) is 60.2 Å². The number of halogens is 1. The van der Waals surface area contributed by atoms with Gasteiger partial charge in [-0.15, -0.1) is 24.0 Å². The monoisotopic (exact) mass is 441 g/mol. The lowest BCUT2D eigenvalue weighted by Gasteiger charge is -2.13. The number of rotatable bonds is 7. The predicted octanol–water partition coefficient (Wildman–Crippen LogP) is 3.54. The highest BCUT2D eigenvalue weighted by molar-refractivity contribution is 14.0. The lowest BCUT2D eigenvalue weighted by atomic mass is 10.2. The maximum atomic E-state index is 5.87. The maximum Gasteiger partial charge on any atom is 0.189 e. The van der Waals surface area contributed by atoms with Crippen molar-refractivity contribution in [3.8, 4) is 11.5 Å². The van der Waals surface area contributed by atoms with Crippen LogP contribution in [0.25, 0.3) is 0 Å². The van der Waals surface area contributed by atoms with Gasteiger partial charge in [0.25, 0.3) is 0 Å². The Morgan fingerprint density at radius 1 is 1.12 bits per heavy atom. The van der Waals surface area contributed by atoms with Gasteiger partial charge >= 0.3 is 0 Å². The summed E-state index contributed by atoms with van der Waals surface area (Å²) in [5, 5.41) is 3.08. The molecule has 6 heteroatoms. The van der Waals surface area contributed by atoms with Gasteiger partial charge in [0.15, 0.2) is 5.96 Å². The van der Waals surface area contributed by atoms with E-state index in [2.05, 4.69) is 10.3 Å². The van der Waals surface area contributed by atoms with Crippen LogP contribution in [-0.4, -0.2) is 25.7 Å². The Kier molecular flexibility index (Phi) is 9.18. The first-order chi connectivity index (χ1) is 11.2. The molecule has 1 unspecified atom stereocenters. The molecule has 0 saturated carbocycles. The van der Waals surface area contributed by atoms with Gasteiger partial charge in [-0.2, -0.15) is 0 Å². The summed E-state index contributed by atoms with van der Waals surface area (Å²) >= 11 is 0. The van der Waals surface area contributed by atoms with E-state index in [1.807, 2.05) is 61.5 Å². The van der Waals surface area contributed by atoms with Crippen molar-refractivity contribution >= 4 is 29.9 Å². The molecule has 5 nitrogen and oxygen atoms in total. The standard InChI is InChI=1S/C18H23N3O2.HI/c1-14(13-22-2)21-18(19)20-12-15-7-6-10-17(11-15)23-16-8-4-3-5-9-16;/h3-11,14H,12-13H2,1-2H3,(H3,19,20,21);1H. The number of nitrogens with one attached hydrogen (secondary N) is 1. The summed E-state index contributed by atoms with van der Waals surface area (Å²) in [6, 6.07) is 17.6. The molecule has 0 aliphatic rings. The third kappa shape index (κ3) is 7.18. The van der Waals surface area contributed by atoms with Crippen molar-refractivity contribution in [2.75, 3.05) is 13.7 Å². The molecule has 0 bridgehead atoms. The molecular formula is C18H24IN3O2. The maximum absolute atomic E-state index is 5.87. The van der Waals surface area contributed by atoms with E-state index in [1.54, 1.807) is 7.11 Å². The van der Waals surface area contributed by atoms with Gasteiger partial charge in [0.2, 0.25) is 0 Å². The van der Waals surface area contributed by atoms with Gasteiger partial charge in [-0.1, -0.05) is 30.3 Å². The highest BCUT2D eigenvalue weighted by atomic mass is 127. The van der Waals surface area contributed by atoms with Gasteiger partial charge in [0.05, 0.1) is 13.2 Å². The first-order valence-electron chi connectivity index (χ1n) is 7.54. The first-order valence-corrected chi connectivity index (χ1v) is 7.54. The van der Waals surface area contributed by atoms with Crippen molar-refractivity contribution in [1.82, 2.24) is 5.32 Å². The second-order valence-electron chi connectivity index (χ2n) is 5.26. The highest BCUT2D eigenvalue weighted by Gasteiger charge is 2.02. The minimum absolute atomic E-state index is 0. The third-order valence-electron chi connectivity index (χ3n) is 3.12. The van der Waals surface area contributed by atoms with Crippen molar-refractivity contribution in [1.29, 1.82) is 0 Å². The Bertz CT molecular complexity index is 635. The van der Waals surface area contributed by atoms with Crippen LogP contribution >= 0.6 is 24.0 Å². The number of benzene rings is 2. The minimum Gasteiger partial charge on any atom is -0.457 e. The molecule has 0 fully saturated rings. The molecule has 24 heavy (non-hydrogen) atoms. The minimum atomic E-state index is 0. The van der Waals surface area contributed by atoms with E-state index < -0.39 is 0 Å². The molecule has 2 aromatic rings. The van der Waals surface area contributed by atoms with Crippen LogP contribution in [0.3, 0.4) is 0 Å². The topological polar surface area (TPSA) is 68.9 Å². The number of ether oxygens (including phenoxy) is 2. The SMILES string of the molecule is COCC(C)NC(N)=NCc1cccc(Oc2ccccc2)c1.I. The van der Waals surface area contributed by atoms with Crippen LogP contribution in [0.1, 0.15) is 12.5 Å². The summed E-state index contributed by atoms with van der Waals surface area (Å²) in [6.45, 7) is 3.06. The summed E-state index contributed by atoms with van der Waals surface area (Å²) < 4.78 is 10.9. The van der Waals surface area contributed by atoms with Gasteiger partial charge in [-0.05, 0) is 36.8 Å². The number of nitrogens with two attached hydrogens (primary N) is 1. The van der Waals surface area contributed by atoms with Gasteiger partial charge in [-0.25, -0.2) is 4.99 Å².